The standard InChI is InChI=1S/C13H15NO2/c1-4-15-12-7-5-11(6-8-12)13-9(2)14-10(3)16-13/h5-8H,4H2,1-3H3. The Morgan fingerprint density at radius 1 is 1.19 bits per heavy atom. The number of oxazole rings is 1. The van der Waals surface area contributed by atoms with Gasteiger partial charge in [-0.25, -0.2) is 4.98 Å². The van der Waals surface area contributed by atoms with E-state index in [-0.39, 0.29) is 0 Å². The van der Waals surface area contributed by atoms with E-state index in [1.165, 1.54) is 0 Å². The third kappa shape index (κ3) is 2.08. The molecule has 0 aliphatic carbocycles. The molecular weight excluding hydrogens is 202 g/mol. The molecule has 1 heterocycles. The summed E-state index contributed by atoms with van der Waals surface area (Å²) in [7, 11) is 0. The third-order valence-corrected chi connectivity index (χ3v) is 2.33. The van der Waals surface area contributed by atoms with Crippen molar-refractivity contribution >= 4 is 0 Å². The molecule has 0 amide bonds. The highest BCUT2D eigenvalue weighted by molar-refractivity contribution is 5.60. The molecule has 3 nitrogen and oxygen atoms in total. The van der Waals surface area contributed by atoms with Crippen LogP contribution in [-0.2, 0) is 0 Å². The Hall–Kier alpha value is -1.77. The monoisotopic (exact) mass is 217 g/mol. The lowest BCUT2D eigenvalue weighted by molar-refractivity contribution is 0.340. The first-order valence-corrected chi connectivity index (χ1v) is 5.38. The van der Waals surface area contributed by atoms with E-state index in [9.17, 15) is 0 Å². The van der Waals surface area contributed by atoms with Crippen LogP contribution in [0.5, 0.6) is 5.75 Å². The van der Waals surface area contributed by atoms with Crippen molar-refractivity contribution in [3.63, 3.8) is 0 Å². The van der Waals surface area contributed by atoms with Crippen LogP contribution in [0.25, 0.3) is 11.3 Å². The van der Waals surface area contributed by atoms with Crippen molar-refractivity contribution < 1.29 is 9.15 Å². The van der Waals surface area contributed by atoms with Crippen molar-refractivity contribution in [2.24, 2.45) is 0 Å². The third-order valence-electron chi connectivity index (χ3n) is 2.33. The normalized spacial score (nSPS) is 10.4. The quantitative estimate of drug-likeness (QED) is 0.790. The first-order valence-electron chi connectivity index (χ1n) is 5.38. The fourth-order valence-corrected chi connectivity index (χ4v) is 1.67. The maximum absolute atomic E-state index is 5.55. The maximum atomic E-state index is 5.55. The van der Waals surface area contributed by atoms with Gasteiger partial charge in [-0.2, -0.15) is 0 Å². The van der Waals surface area contributed by atoms with Gasteiger partial charge >= 0.3 is 0 Å². The van der Waals surface area contributed by atoms with Gasteiger partial charge in [0, 0.05) is 12.5 Å². The average molecular weight is 217 g/mol. The Bertz CT molecular complexity index is 471. The number of ether oxygens (including phenoxy) is 1. The number of nitrogens with zero attached hydrogens (tertiary/aromatic N) is 1. The molecule has 0 atom stereocenters. The second kappa shape index (κ2) is 4.39. The van der Waals surface area contributed by atoms with Crippen LogP contribution in [0.1, 0.15) is 18.5 Å². The summed E-state index contributed by atoms with van der Waals surface area (Å²) in [5.74, 6) is 2.40. The van der Waals surface area contributed by atoms with Crippen LogP contribution in [0.4, 0.5) is 0 Å². The molecule has 3 heteroatoms. The van der Waals surface area contributed by atoms with E-state index in [0.717, 1.165) is 22.8 Å². The molecule has 0 radical (unpaired) electrons. The first kappa shape index (κ1) is 10.7. The van der Waals surface area contributed by atoms with Gasteiger partial charge in [0.1, 0.15) is 5.75 Å². The average Bonchev–Trinajstić information content (AvgIpc) is 2.59. The molecule has 2 aromatic rings. The number of hydrogen-bond donors (Lipinski definition) is 0. The molecule has 16 heavy (non-hydrogen) atoms. The van der Waals surface area contributed by atoms with Gasteiger partial charge in [0.25, 0.3) is 0 Å². The highest BCUT2D eigenvalue weighted by Crippen LogP contribution is 2.26. The topological polar surface area (TPSA) is 35.3 Å². The second-order valence-corrected chi connectivity index (χ2v) is 3.60. The zero-order valence-electron chi connectivity index (χ0n) is 9.78. The Balaban J connectivity index is 2.31. The molecule has 1 aromatic heterocycles. The number of rotatable bonds is 3. The molecule has 84 valence electrons. The van der Waals surface area contributed by atoms with Crippen molar-refractivity contribution in [3.8, 4) is 17.1 Å². The van der Waals surface area contributed by atoms with Crippen molar-refractivity contribution in [2.75, 3.05) is 6.61 Å². The van der Waals surface area contributed by atoms with E-state index in [1.54, 1.807) is 0 Å². The summed E-state index contributed by atoms with van der Waals surface area (Å²) in [5, 5.41) is 0. The minimum Gasteiger partial charge on any atom is -0.494 e. The second-order valence-electron chi connectivity index (χ2n) is 3.60. The Morgan fingerprint density at radius 2 is 1.88 bits per heavy atom. The number of aryl methyl sites for hydroxylation is 2. The van der Waals surface area contributed by atoms with Gasteiger partial charge in [0.05, 0.1) is 12.3 Å². The summed E-state index contributed by atoms with van der Waals surface area (Å²) in [6.45, 7) is 6.45. The SMILES string of the molecule is CCOc1ccc(-c2oc(C)nc2C)cc1. The molecule has 0 saturated carbocycles. The molecule has 0 N–H and O–H groups in total. The summed E-state index contributed by atoms with van der Waals surface area (Å²) in [4.78, 5) is 4.25. The first-order chi connectivity index (χ1) is 7.70. The summed E-state index contributed by atoms with van der Waals surface area (Å²) in [6, 6.07) is 7.85. The predicted molar refractivity (Wildman–Crippen MR) is 62.6 cm³/mol. The van der Waals surface area contributed by atoms with E-state index >= 15 is 0 Å². The van der Waals surface area contributed by atoms with Crippen molar-refractivity contribution in [1.29, 1.82) is 0 Å². The van der Waals surface area contributed by atoms with Crippen LogP contribution in [-0.4, -0.2) is 11.6 Å². The summed E-state index contributed by atoms with van der Waals surface area (Å²) >= 11 is 0. The molecule has 0 unspecified atom stereocenters. The van der Waals surface area contributed by atoms with Gasteiger partial charge in [-0.3, -0.25) is 0 Å². The molecule has 0 spiro atoms. The van der Waals surface area contributed by atoms with E-state index in [4.69, 9.17) is 9.15 Å². The molecule has 0 fully saturated rings. The highest BCUT2D eigenvalue weighted by Gasteiger charge is 2.08. The summed E-state index contributed by atoms with van der Waals surface area (Å²) in [5.41, 5.74) is 1.95. The molecule has 0 aliphatic heterocycles. The van der Waals surface area contributed by atoms with Gasteiger partial charge in [-0.15, -0.1) is 0 Å². The summed E-state index contributed by atoms with van der Waals surface area (Å²) < 4.78 is 10.9. The van der Waals surface area contributed by atoms with Gasteiger partial charge in [0.15, 0.2) is 11.7 Å². The zero-order chi connectivity index (χ0) is 11.5. The molecule has 0 aliphatic rings. The Labute approximate surface area is 95.1 Å². The van der Waals surface area contributed by atoms with Gasteiger partial charge in [-0.05, 0) is 38.1 Å². The van der Waals surface area contributed by atoms with E-state index in [2.05, 4.69) is 4.98 Å². The smallest absolute Gasteiger partial charge is 0.192 e. The zero-order valence-corrected chi connectivity index (χ0v) is 9.78. The number of benzene rings is 1. The molecule has 1 aromatic carbocycles. The lowest BCUT2D eigenvalue weighted by atomic mass is 10.1. The van der Waals surface area contributed by atoms with E-state index < -0.39 is 0 Å². The van der Waals surface area contributed by atoms with Crippen molar-refractivity contribution in [3.05, 3.63) is 35.9 Å². The Kier molecular flexibility index (Phi) is 2.95. The molecular formula is C13H15NO2. The fraction of sp³-hybridized carbons (Fsp3) is 0.308. The lowest BCUT2D eigenvalue weighted by Crippen LogP contribution is -1.90. The fourth-order valence-electron chi connectivity index (χ4n) is 1.67. The number of hydrogen-bond acceptors (Lipinski definition) is 3. The predicted octanol–water partition coefficient (Wildman–Crippen LogP) is 3.36. The van der Waals surface area contributed by atoms with E-state index in [1.807, 2.05) is 45.0 Å². The van der Waals surface area contributed by atoms with Gasteiger partial charge in [0.2, 0.25) is 0 Å². The molecule has 0 bridgehead atoms. The largest absolute Gasteiger partial charge is 0.494 e. The molecule has 2 rings (SSSR count). The number of aromatic nitrogens is 1. The highest BCUT2D eigenvalue weighted by atomic mass is 16.5. The van der Waals surface area contributed by atoms with Crippen LogP contribution >= 0.6 is 0 Å². The molecule has 0 saturated heterocycles. The van der Waals surface area contributed by atoms with Crippen LogP contribution in [0.2, 0.25) is 0 Å². The minimum atomic E-state index is 0.680. The van der Waals surface area contributed by atoms with Gasteiger partial charge < -0.3 is 9.15 Å². The van der Waals surface area contributed by atoms with Crippen LogP contribution < -0.4 is 4.74 Å². The summed E-state index contributed by atoms with van der Waals surface area (Å²) in [6.07, 6.45) is 0. The Morgan fingerprint density at radius 3 is 2.38 bits per heavy atom. The van der Waals surface area contributed by atoms with E-state index in [0.29, 0.717) is 12.5 Å². The van der Waals surface area contributed by atoms with Crippen LogP contribution in [0, 0.1) is 13.8 Å². The van der Waals surface area contributed by atoms with Crippen LogP contribution in [0.3, 0.4) is 0 Å². The van der Waals surface area contributed by atoms with Crippen molar-refractivity contribution in [2.45, 2.75) is 20.8 Å². The van der Waals surface area contributed by atoms with Crippen LogP contribution in [0.15, 0.2) is 28.7 Å². The van der Waals surface area contributed by atoms with Crippen molar-refractivity contribution in [1.82, 2.24) is 4.98 Å². The van der Waals surface area contributed by atoms with Gasteiger partial charge in [-0.1, -0.05) is 0 Å². The minimum absolute atomic E-state index is 0.680. The lowest BCUT2D eigenvalue weighted by Gasteiger charge is -2.03. The maximum Gasteiger partial charge on any atom is 0.192 e.